The lowest BCUT2D eigenvalue weighted by atomic mass is 10.0. The molecule has 0 aromatic heterocycles. The summed E-state index contributed by atoms with van der Waals surface area (Å²) in [6, 6.07) is 5.83. The van der Waals surface area contributed by atoms with Gasteiger partial charge in [0, 0.05) is 0 Å². The Balaban J connectivity index is 2.64. The molecule has 0 aliphatic carbocycles. The van der Waals surface area contributed by atoms with E-state index in [1.54, 1.807) is 0 Å². The second kappa shape index (κ2) is 9.64. The minimum atomic E-state index is -0.674. The Morgan fingerprint density at radius 1 is 0.905 bits per heavy atom. The third-order valence-corrected chi connectivity index (χ3v) is 3.37. The molecule has 4 heteroatoms. The zero-order valence-electron chi connectivity index (χ0n) is 13.3. The molecular weight excluding hydrogens is 268 g/mol. The maximum atomic E-state index is 9.92. The second-order valence-electron chi connectivity index (χ2n) is 5.11. The highest BCUT2D eigenvalue weighted by Gasteiger charge is 2.15. The summed E-state index contributed by atoms with van der Waals surface area (Å²) in [5, 5.41) is 19.7. The van der Waals surface area contributed by atoms with Crippen LogP contribution >= 0.6 is 0 Å². The summed E-state index contributed by atoms with van der Waals surface area (Å²) in [6.07, 6.45) is 1.44. The minimum Gasteiger partial charge on any atom is -0.490 e. The highest BCUT2D eigenvalue weighted by molar-refractivity contribution is 5.43. The van der Waals surface area contributed by atoms with Gasteiger partial charge in [-0.25, -0.2) is 0 Å². The van der Waals surface area contributed by atoms with Crippen LogP contribution in [-0.2, 0) is 6.42 Å². The monoisotopic (exact) mass is 296 g/mol. The molecule has 1 aromatic carbocycles. The predicted octanol–water partition coefficient (Wildman–Crippen LogP) is 2.94. The summed E-state index contributed by atoms with van der Waals surface area (Å²) >= 11 is 0. The third kappa shape index (κ3) is 5.94. The van der Waals surface area contributed by atoms with E-state index >= 15 is 0 Å². The third-order valence-electron chi connectivity index (χ3n) is 3.37. The molecule has 1 aromatic rings. The van der Waals surface area contributed by atoms with Crippen molar-refractivity contribution in [1.29, 1.82) is 0 Å². The Morgan fingerprint density at radius 3 is 2.14 bits per heavy atom. The number of hydrogen-bond acceptors (Lipinski definition) is 4. The summed E-state index contributed by atoms with van der Waals surface area (Å²) in [6.45, 7) is 7.06. The molecule has 0 saturated heterocycles. The molecule has 0 aliphatic heterocycles. The average Bonchev–Trinajstić information content (AvgIpc) is 2.47. The van der Waals surface area contributed by atoms with Gasteiger partial charge in [0.05, 0.1) is 25.4 Å². The molecule has 0 heterocycles. The molecule has 0 aliphatic rings. The SMILES string of the molecule is CCCC(O)C(O)CCc1ccc(OCC)c(OCC)c1. The van der Waals surface area contributed by atoms with Crippen LogP contribution in [0.25, 0.3) is 0 Å². The van der Waals surface area contributed by atoms with E-state index in [1.165, 1.54) is 0 Å². The number of aliphatic hydroxyl groups excluding tert-OH is 2. The summed E-state index contributed by atoms with van der Waals surface area (Å²) in [5.41, 5.74) is 1.07. The number of aryl methyl sites for hydroxylation is 1. The van der Waals surface area contributed by atoms with Gasteiger partial charge >= 0.3 is 0 Å². The fourth-order valence-electron chi connectivity index (χ4n) is 2.25. The fourth-order valence-corrected chi connectivity index (χ4v) is 2.25. The minimum absolute atomic E-state index is 0.542. The second-order valence-corrected chi connectivity index (χ2v) is 5.11. The molecule has 2 N–H and O–H groups in total. The average molecular weight is 296 g/mol. The van der Waals surface area contributed by atoms with Gasteiger partial charge in [-0.2, -0.15) is 0 Å². The van der Waals surface area contributed by atoms with E-state index in [-0.39, 0.29) is 0 Å². The zero-order chi connectivity index (χ0) is 15.7. The van der Waals surface area contributed by atoms with Crippen LogP contribution in [0.3, 0.4) is 0 Å². The molecule has 0 amide bonds. The van der Waals surface area contributed by atoms with Crippen molar-refractivity contribution >= 4 is 0 Å². The van der Waals surface area contributed by atoms with Crippen LogP contribution in [0.5, 0.6) is 11.5 Å². The maximum Gasteiger partial charge on any atom is 0.161 e. The first-order valence-corrected chi connectivity index (χ1v) is 7.86. The molecule has 0 spiro atoms. The van der Waals surface area contributed by atoms with E-state index in [0.29, 0.717) is 32.5 Å². The maximum absolute atomic E-state index is 9.92. The zero-order valence-corrected chi connectivity index (χ0v) is 13.3. The summed E-state index contributed by atoms with van der Waals surface area (Å²) in [5.74, 6) is 1.48. The molecule has 2 unspecified atom stereocenters. The Labute approximate surface area is 127 Å². The Bertz CT molecular complexity index is 406. The van der Waals surface area contributed by atoms with Crippen molar-refractivity contribution in [3.63, 3.8) is 0 Å². The first-order chi connectivity index (χ1) is 10.1. The van der Waals surface area contributed by atoms with Gasteiger partial charge in [-0.3, -0.25) is 0 Å². The molecule has 0 bridgehead atoms. The summed E-state index contributed by atoms with van der Waals surface area (Å²) in [4.78, 5) is 0. The summed E-state index contributed by atoms with van der Waals surface area (Å²) in [7, 11) is 0. The Morgan fingerprint density at radius 2 is 1.52 bits per heavy atom. The van der Waals surface area contributed by atoms with E-state index in [1.807, 2.05) is 39.0 Å². The van der Waals surface area contributed by atoms with E-state index < -0.39 is 12.2 Å². The summed E-state index contributed by atoms with van der Waals surface area (Å²) < 4.78 is 11.1. The van der Waals surface area contributed by atoms with Gasteiger partial charge < -0.3 is 19.7 Å². The first-order valence-electron chi connectivity index (χ1n) is 7.86. The Kier molecular flexibility index (Phi) is 8.16. The van der Waals surface area contributed by atoms with Gasteiger partial charge in [0.15, 0.2) is 11.5 Å². The largest absolute Gasteiger partial charge is 0.490 e. The van der Waals surface area contributed by atoms with E-state index in [2.05, 4.69) is 0 Å². The normalized spacial score (nSPS) is 13.8. The molecule has 0 saturated carbocycles. The van der Waals surface area contributed by atoms with Crippen molar-refractivity contribution in [2.24, 2.45) is 0 Å². The highest BCUT2D eigenvalue weighted by Crippen LogP contribution is 2.29. The van der Waals surface area contributed by atoms with Gasteiger partial charge in [-0.05, 0) is 50.8 Å². The molecule has 21 heavy (non-hydrogen) atoms. The van der Waals surface area contributed by atoms with Crippen molar-refractivity contribution in [1.82, 2.24) is 0 Å². The topological polar surface area (TPSA) is 58.9 Å². The number of hydrogen-bond donors (Lipinski definition) is 2. The molecule has 0 radical (unpaired) electrons. The van der Waals surface area contributed by atoms with Crippen LogP contribution in [0, 0.1) is 0 Å². The van der Waals surface area contributed by atoms with Crippen molar-refractivity contribution < 1.29 is 19.7 Å². The van der Waals surface area contributed by atoms with Crippen molar-refractivity contribution in [2.45, 2.75) is 58.7 Å². The highest BCUT2D eigenvalue weighted by atomic mass is 16.5. The van der Waals surface area contributed by atoms with Gasteiger partial charge in [-0.15, -0.1) is 0 Å². The standard InChI is InChI=1S/C17H28O4/c1-4-7-14(18)15(19)10-8-13-9-11-16(20-5-2)17(12-13)21-6-3/h9,11-12,14-15,18-19H,4-8,10H2,1-3H3. The predicted molar refractivity (Wildman–Crippen MR) is 84.0 cm³/mol. The first kappa shape index (κ1) is 17.8. The van der Waals surface area contributed by atoms with Crippen molar-refractivity contribution in [3.8, 4) is 11.5 Å². The lowest BCUT2D eigenvalue weighted by molar-refractivity contribution is 0.00980. The lowest BCUT2D eigenvalue weighted by Crippen LogP contribution is -2.26. The fraction of sp³-hybridized carbons (Fsp3) is 0.647. The number of benzene rings is 1. The molecule has 4 nitrogen and oxygen atoms in total. The quantitative estimate of drug-likeness (QED) is 0.697. The van der Waals surface area contributed by atoms with Crippen LogP contribution in [-0.4, -0.2) is 35.6 Å². The van der Waals surface area contributed by atoms with Crippen molar-refractivity contribution in [2.75, 3.05) is 13.2 Å². The molecule has 0 fully saturated rings. The lowest BCUT2D eigenvalue weighted by Gasteiger charge is -2.17. The van der Waals surface area contributed by atoms with Crippen LogP contribution < -0.4 is 9.47 Å². The molecular formula is C17H28O4. The number of ether oxygens (including phenoxy) is 2. The van der Waals surface area contributed by atoms with Crippen LogP contribution in [0.4, 0.5) is 0 Å². The van der Waals surface area contributed by atoms with E-state index in [0.717, 1.165) is 23.5 Å². The Hall–Kier alpha value is -1.26. The number of rotatable bonds is 10. The molecule has 120 valence electrons. The van der Waals surface area contributed by atoms with Gasteiger partial charge in [0.1, 0.15) is 0 Å². The van der Waals surface area contributed by atoms with Gasteiger partial charge in [-0.1, -0.05) is 19.4 Å². The smallest absolute Gasteiger partial charge is 0.161 e. The van der Waals surface area contributed by atoms with Crippen LogP contribution in [0.2, 0.25) is 0 Å². The molecule has 1 rings (SSSR count). The van der Waals surface area contributed by atoms with Crippen LogP contribution in [0.15, 0.2) is 18.2 Å². The van der Waals surface area contributed by atoms with Gasteiger partial charge in [0.25, 0.3) is 0 Å². The van der Waals surface area contributed by atoms with Crippen LogP contribution in [0.1, 0.15) is 45.6 Å². The van der Waals surface area contributed by atoms with E-state index in [9.17, 15) is 10.2 Å². The van der Waals surface area contributed by atoms with Gasteiger partial charge in [0.2, 0.25) is 0 Å². The van der Waals surface area contributed by atoms with E-state index in [4.69, 9.17) is 9.47 Å². The van der Waals surface area contributed by atoms with Crippen molar-refractivity contribution in [3.05, 3.63) is 23.8 Å². The molecule has 2 atom stereocenters. The number of aliphatic hydroxyl groups is 2.